The number of aromatic nitrogens is 1. The smallest absolute Gasteiger partial charge is 0.295 e. The maximum Gasteiger partial charge on any atom is 0.295 e. The Labute approximate surface area is 179 Å². The molecule has 9 nitrogen and oxygen atoms in total. The van der Waals surface area contributed by atoms with Crippen LogP contribution < -0.4 is 0 Å². The summed E-state index contributed by atoms with van der Waals surface area (Å²) in [4.78, 5) is 41.6. The third-order valence-corrected chi connectivity index (χ3v) is 4.87. The van der Waals surface area contributed by atoms with Crippen molar-refractivity contribution in [2.24, 2.45) is 0 Å². The fraction of sp³-hybridized carbons (Fsp3) is 0.318. The number of rotatable bonds is 8. The molecule has 1 fully saturated rings. The molecule has 1 atom stereocenters. The number of carbonyl (C=O) groups is 2. The average Bonchev–Trinajstić information content (AvgIpc) is 3.01. The van der Waals surface area contributed by atoms with Crippen molar-refractivity contribution in [2.45, 2.75) is 32.4 Å². The van der Waals surface area contributed by atoms with Crippen molar-refractivity contribution in [1.29, 1.82) is 0 Å². The Hall–Kier alpha value is -3.59. The molecule has 1 saturated heterocycles. The number of benzene rings is 1. The lowest BCUT2D eigenvalue weighted by molar-refractivity contribution is -0.384. The number of nitro groups is 1. The predicted molar refractivity (Wildman–Crippen MR) is 112 cm³/mol. The van der Waals surface area contributed by atoms with Gasteiger partial charge >= 0.3 is 0 Å². The van der Waals surface area contributed by atoms with E-state index in [0.29, 0.717) is 18.6 Å². The van der Waals surface area contributed by atoms with E-state index in [-0.39, 0.29) is 29.5 Å². The lowest BCUT2D eigenvalue weighted by Gasteiger charge is -2.25. The molecule has 9 heteroatoms. The Balaban J connectivity index is 2.04. The van der Waals surface area contributed by atoms with Crippen LogP contribution in [-0.2, 0) is 14.3 Å². The van der Waals surface area contributed by atoms with Crippen LogP contribution in [-0.4, -0.2) is 50.9 Å². The first-order chi connectivity index (χ1) is 14.8. The summed E-state index contributed by atoms with van der Waals surface area (Å²) < 4.78 is 5.52. The minimum Gasteiger partial charge on any atom is -0.507 e. The van der Waals surface area contributed by atoms with Gasteiger partial charge in [0.25, 0.3) is 17.4 Å². The highest BCUT2D eigenvalue weighted by Crippen LogP contribution is 2.39. The van der Waals surface area contributed by atoms with Crippen molar-refractivity contribution in [3.05, 3.63) is 75.6 Å². The maximum absolute atomic E-state index is 12.9. The molecule has 31 heavy (non-hydrogen) atoms. The van der Waals surface area contributed by atoms with Gasteiger partial charge in [-0.1, -0.05) is 18.2 Å². The number of hydrogen-bond donors (Lipinski definition) is 1. The number of ether oxygens (including phenoxy) is 1. The Morgan fingerprint density at radius 1 is 1.29 bits per heavy atom. The molecule has 2 aromatic rings. The van der Waals surface area contributed by atoms with Crippen molar-refractivity contribution >= 4 is 23.1 Å². The van der Waals surface area contributed by atoms with Crippen molar-refractivity contribution in [2.75, 3.05) is 13.2 Å². The van der Waals surface area contributed by atoms with E-state index in [1.807, 2.05) is 13.8 Å². The fourth-order valence-electron chi connectivity index (χ4n) is 3.47. The second kappa shape index (κ2) is 9.48. The zero-order valence-electron chi connectivity index (χ0n) is 17.2. The molecule has 1 aromatic heterocycles. The number of nitro benzene ring substituents is 1. The monoisotopic (exact) mass is 425 g/mol. The lowest BCUT2D eigenvalue weighted by atomic mass is 9.96. The van der Waals surface area contributed by atoms with Crippen LogP contribution in [0.4, 0.5) is 5.69 Å². The second-order valence-corrected chi connectivity index (χ2v) is 7.36. The molecule has 2 heterocycles. The van der Waals surface area contributed by atoms with Gasteiger partial charge in [-0.05, 0) is 31.9 Å². The van der Waals surface area contributed by atoms with Gasteiger partial charge in [-0.15, -0.1) is 0 Å². The first kappa shape index (κ1) is 22.1. The van der Waals surface area contributed by atoms with Crippen LogP contribution in [0, 0.1) is 10.1 Å². The summed E-state index contributed by atoms with van der Waals surface area (Å²) in [6.07, 6.45) is 3.62. The summed E-state index contributed by atoms with van der Waals surface area (Å²) in [5.74, 6) is -2.05. The standard InChI is InChI=1S/C22H23N3O6/c1-14(2)31-11-5-10-24-19(16-7-4-9-23-13-16)18(21(27)22(24)28)20(26)15-6-3-8-17(12-15)25(29)30/h3-4,6-9,12-14,19,26H,5,10-11H2,1-2H3/t19-/m0/s1. The summed E-state index contributed by atoms with van der Waals surface area (Å²) in [5.41, 5.74) is 0.285. The number of non-ortho nitro benzene ring substituents is 1. The van der Waals surface area contributed by atoms with Crippen LogP contribution in [0.3, 0.4) is 0 Å². The largest absolute Gasteiger partial charge is 0.507 e. The lowest BCUT2D eigenvalue weighted by Crippen LogP contribution is -2.31. The number of aliphatic hydroxyl groups excluding tert-OH is 1. The summed E-state index contributed by atoms with van der Waals surface area (Å²) in [6.45, 7) is 4.45. The van der Waals surface area contributed by atoms with Gasteiger partial charge in [-0.3, -0.25) is 24.7 Å². The molecule has 0 bridgehead atoms. The summed E-state index contributed by atoms with van der Waals surface area (Å²) >= 11 is 0. The molecule has 3 rings (SSSR count). The number of ketones is 1. The Morgan fingerprint density at radius 2 is 2.06 bits per heavy atom. The highest BCUT2D eigenvalue weighted by molar-refractivity contribution is 6.46. The summed E-state index contributed by atoms with van der Waals surface area (Å²) in [6, 6.07) is 7.83. The molecule has 1 aromatic carbocycles. The predicted octanol–water partition coefficient (Wildman–Crippen LogP) is 3.23. The number of pyridine rings is 1. The number of hydrogen-bond acceptors (Lipinski definition) is 7. The van der Waals surface area contributed by atoms with E-state index in [1.165, 1.54) is 35.4 Å². The number of likely N-dealkylation sites (tertiary alicyclic amines) is 1. The van der Waals surface area contributed by atoms with Crippen LogP contribution in [0.15, 0.2) is 54.4 Å². The van der Waals surface area contributed by atoms with Gasteiger partial charge in [0.05, 0.1) is 22.6 Å². The Kier molecular flexibility index (Phi) is 6.76. The molecule has 1 amide bonds. The van der Waals surface area contributed by atoms with E-state index in [0.717, 1.165) is 0 Å². The minimum absolute atomic E-state index is 0.0402. The van der Waals surface area contributed by atoms with Gasteiger partial charge in [0.2, 0.25) is 0 Å². The van der Waals surface area contributed by atoms with Crippen LogP contribution in [0.2, 0.25) is 0 Å². The molecule has 0 radical (unpaired) electrons. The first-order valence-electron chi connectivity index (χ1n) is 9.86. The van der Waals surface area contributed by atoms with Crippen LogP contribution in [0.25, 0.3) is 5.76 Å². The van der Waals surface area contributed by atoms with E-state index in [1.54, 1.807) is 18.3 Å². The van der Waals surface area contributed by atoms with Gasteiger partial charge in [-0.2, -0.15) is 0 Å². The third kappa shape index (κ3) is 4.77. The quantitative estimate of drug-likeness (QED) is 0.172. The minimum atomic E-state index is -0.855. The first-order valence-corrected chi connectivity index (χ1v) is 9.86. The summed E-state index contributed by atoms with van der Waals surface area (Å²) in [5, 5.41) is 22.0. The molecule has 0 saturated carbocycles. The van der Waals surface area contributed by atoms with Crippen molar-refractivity contribution in [3.8, 4) is 0 Å². The SMILES string of the molecule is CC(C)OCCCN1C(=O)C(=O)C(=C(O)c2cccc([N+](=O)[O-])c2)[C@@H]1c1cccnc1. The van der Waals surface area contributed by atoms with E-state index < -0.39 is 28.4 Å². The van der Waals surface area contributed by atoms with E-state index in [4.69, 9.17) is 4.74 Å². The molecule has 0 unspecified atom stereocenters. The van der Waals surface area contributed by atoms with E-state index >= 15 is 0 Å². The molecule has 0 aliphatic carbocycles. The molecular formula is C22H23N3O6. The Bertz CT molecular complexity index is 1020. The highest BCUT2D eigenvalue weighted by Gasteiger charge is 2.46. The van der Waals surface area contributed by atoms with Crippen molar-refractivity contribution in [3.63, 3.8) is 0 Å². The number of nitrogens with zero attached hydrogens (tertiary/aromatic N) is 3. The number of Topliss-reactive ketones (excluding diaryl/α,β-unsaturated/α-hetero) is 1. The topological polar surface area (TPSA) is 123 Å². The summed E-state index contributed by atoms with van der Waals surface area (Å²) in [7, 11) is 0. The number of carbonyl (C=O) groups excluding carboxylic acids is 2. The van der Waals surface area contributed by atoms with Gasteiger partial charge < -0.3 is 14.7 Å². The maximum atomic E-state index is 12.9. The molecule has 0 spiro atoms. The number of aliphatic hydroxyl groups is 1. The van der Waals surface area contributed by atoms with Gasteiger partial charge in [-0.25, -0.2) is 0 Å². The van der Waals surface area contributed by atoms with Crippen LogP contribution >= 0.6 is 0 Å². The van der Waals surface area contributed by atoms with Gasteiger partial charge in [0.1, 0.15) is 5.76 Å². The molecule has 1 N–H and O–H groups in total. The highest BCUT2D eigenvalue weighted by atomic mass is 16.6. The molecule has 1 aliphatic rings. The molecule has 162 valence electrons. The Morgan fingerprint density at radius 3 is 2.71 bits per heavy atom. The van der Waals surface area contributed by atoms with E-state index in [9.17, 15) is 24.8 Å². The van der Waals surface area contributed by atoms with Gasteiger partial charge in [0.15, 0.2) is 0 Å². The van der Waals surface area contributed by atoms with Crippen molar-refractivity contribution in [1.82, 2.24) is 9.88 Å². The van der Waals surface area contributed by atoms with Crippen LogP contribution in [0.1, 0.15) is 37.4 Å². The van der Waals surface area contributed by atoms with Crippen molar-refractivity contribution < 1.29 is 24.4 Å². The molecular weight excluding hydrogens is 402 g/mol. The zero-order valence-corrected chi connectivity index (χ0v) is 17.2. The normalized spacial score (nSPS) is 18.0. The van der Waals surface area contributed by atoms with E-state index in [2.05, 4.69) is 4.98 Å². The average molecular weight is 425 g/mol. The van der Waals surface area contributed by atoms with Crippen LogP contribution in [0.5, 0.6) is 0 Å². The third-order valence-electron chi connectivity index (χ3n) is 4.87. The molecule has 1 aliphatic heterocycles. The number of amides is 1. The second-order valence-electron chi connectivity index (χ2n) is 7.36. The zero-order chi connectivity index (χ0) is 22.5. The van der Waals surface area contributed by atoms with Gasteiger partial charge in [0, 0.05) is 43.2 Å². The fourth-order valence-corrected chi connectivity index (χ4v) is 3.47.